The van der Waals surface area contributed by atoms with Gasteiger partial charge in [0.05, 0.1) is 29.3 Å². The summed E-state index contributed by atoms with van der Waals surface area (Å²) < 4.78 is 44.3. The van der Waals surface area contributed by atoms with E-state index in [0.717, 1.165) is 12.1 Å². The number of nitrogens with one attached hydrogen (secondary N) is 1. The number of halogens is 3. The number of aryl methyl sites for hydroxylation is 1. The molecule has 0 saturated carbocycles. The van der Waals surface area contributed by atoms with Crippen molar-refractivity contribution < 1.29 is 22.5 Å². The number of anilines is 1. The van der Waals surface area contributed by atoms with Crippen LogP contribution in [0.4, 0.5) is 18.9 Å². The smallest absolute Gasteiger partial charge is 0.361 e. The van der Waals surface area contributed by atoms with Crippen LogP contribution in [0, 0.1) is 6.92 Å². The summed E-state index contributed by atoms with van der Waals surface area (Å²) >= 11 is 0. The van der Waals surface area contributed by atoms with Crippen molar-refractivity contribution in [3.63, 3.8) is 0 Å². The molecule has 9 heteroatoms. The number of amides is 1. The van der Waals surface area contributed by atoms with Crippen LogP contribution in [0.3, 0.4) is 0 Å². The van der Waals surface area contributed by atoms with Gasteiger partial charge < -0.3 is 9.84 Å². The van der Waals surface area contributed by atoms with Crippen molar-refractivity contribution in [2.75, 3.05) is 5.32 Å². The van der Waals surface area contributed by atoms with Gasteiger partial charge in [0.2, 0.25) is 0 Å². The monoisotopic (exact) mass is 336 g/mol. The zero-order valence-corrected chi connectivity index (χ0v) is 12.3. The van der Waals surface area contributed by atoms with Gasteiger partial charge in [-0.25, -0.2) is 4.68 Å². The quantitative estimate of drug-likeness (QED) is 0.795. The third-order valence-electron chi connectivity index (χ3n) is 3.14. The third kappa shape index (κ3) is 3.29. The van der Waals surface area contributed by atoms with E-state index in [0.29, 0.717) is 11.4 Å². The highest BCUT2D eigenvalue weighted by molar-refractivity contribution is 6.02. The molecular formula is C15H11F3N4O2. The summed E-state index contributed by atoms with van der Waals surface area (Å²) in [7, 11) is 0. The van der Waals surface area contributed by atoms with Crippen LogP contribution in [0.2, 0.25) is 0 Å². The summed E-state index contributed by atoms with van der Waals surface area (Å²) in [4.78, 5) is 11.9. The van der Waals surface area contributed by atoms with Gasteiger partial charge in [0.25, 0.3) is 5.91 Å². The fraction of sp³-hybridized carbons (Fsp3) is 0.133. The number of benzene rings is 1. The molecule has 3 rings (SSSR count). The molecule has 0 aliphatic carbocycles. The average molecular weight is 336 g/mol. The first-order valence-electron chi connectivity index (χ1n) is 6.80. The lowest BCUT2D eigenvalue weighted by Crippen LogP contribution is -2.11. The molecule has 0 aliphatic heterocycles. The van der Waals surface area contributed by atoms with Gasteiger partial charge in [0.1, 0.15) is 5.76 Å². The SMILES string of the molecule is Cc1cc(C(=O)Nc2cnn(-c3cccc(C(F)(F)F)c3)c2)no1. The molecule has 124 valence electrons. The van der Waals surface area contributed by atoms with Crippen molar-refractivity contribution in [2.45, 2.75) is 13.1 Å². The molecule has 2 heterocycles. The third-order valence-corrected chi connectivity index (χ3v) is 3.14. The van der Waals surface area contributed by atoms with Crippen LogP contribution in [0.15, 0.2) is 47.2 Å². The number of rotatable bonds is 3. The van der Waals surface area contributed by atoms with E-state index < -0.39 is 17.6 Å². The first kappa shape index (κ1) is 15.8. The zero-order valence-electron chi connectivity index (χ0n) is 12.3. The predicted molar refractivity (Wildman–Crippen MR) is 77.8 cm³/mol. The van der Waals surface area contributed by atoms with Gasteiger partial charge in [-0.2, -0.15) is 18.3 Å². The summed E-state index contributed by atoms with van der Waals surface area (Å²) in [5.74, 6) is -0.0183. The van der Waals surface area contributed by atoms with Gasteiger partial charge in [0, 0.05) is 6.07 Å². The van der Waals surface area contributed by atoms with Gasteiger partial charge >= 0.3 is 6.18 Å². The summed E-state index contributed by atoms with van der Waals surface area (Å²) in [5.41, 5.74) is -0.140. The van der Waals surface area contributed by atoms with Crippen molar-refractivity contribution in [2.24, 2.45) is 0 Å². The van der Waals surface area contributed by atoms with Crippen molar-refractivity contribution in [3.8, 4) is 5.69 Å². The molecule has 6 nitrogen and oxygen atoms in total. The maximum Gasteiger partial charge on any atom is 0.416 e. The maximum absolute atomic E-state index is 12.7. The van der Waals surface area contributed by atoms with Gasteiger partial charge in [-0.1, -0.05) is 11.2 Å². The van der Waals surface area contributed by atoms with Crippen LogP contribution in [0.5, 0.6) is 0 Å². The summed E-state index contributed by atoms with van der Waals surface area (Å²) in [6, 6.07) is 6.18. The second-order valence-corrected chi connectivity index (χ2v) is 5.00. The molecule has 1 aromatic carbocycles. The molecule has 1 N–H and O–H groups in total. The Morgan fingerprint density at radius 1 is 1.29 bits per heavy atom. The highest BCUT2D eigenvalue weighted by Crippen LogP contribution is 2.30. The minimum atomic E-state index is -4.44. The minimum absolute atomic E-state index is 0.0966. The number of nitrogens with zero attached hydrogens (tertiary/aromatic N) is 3. The lowest BCUT2D eigenvalue weighted by Gasteiger charge is -2.08. The van der Waals surface area contributed by atoms with E-state index in [1.807, 2.05) is 0 Å². The van der Waals surface area contributed by atoms with Gasteiger partial charge in [-0.05, 0) is 25.1 Å². The molecule has 0 saturated heterocycles. The van der Waals surface area contributed by atoms with Crippen molar-refractivity contribution in [3.05, 3.63) is 59.7 Å². The van der Waals surface area contributed by atoms with E-state index in [1.54, 1.807) is 6.92 Å². The molecule has 0 unspecified atom stereocenters. The normalized spacial score (nSPS) is 11.5. The Hall–Kier alpha value is -3.10. The standard InChI is InChI=1S/C15H11F3N4O2/c1-9-5-13(21-24-9)14(23)20-11-7-19-22(8-11)12-4-2-3-10(6-12)15(16,17)18/h2-8H,1H3,(H,20,23). The lowest BCUT2D eigenvalue weighted by molar-refractivity contribution is -0.137. The van der Waals surface area contributed by atoms with Gasteiger partial charge in [-0.15, -0.1) is 0 Å². The number of aromatic nitrogens is 3. The topological polar surface area (TPSA) is 73.0 Å². The van der Waals surface area contributed by atoms with Crippen LogP contribution < -0.4 is 5.32 Å². The zero-order chi connectivity index (χ0) is 17.3. The Morgan fingerprint density at radius 2 is 2.08 bits per heavy atom. The van der Waals surface area contributed by atoms with Crippen molar-refractivity contribution in [1.82, 2.24) is 14.9 Å². The number of hydrogen-bond donors (Lipinski definition) is 1. The van der Waals surface area contributed by atoms with E-state index in [9.17, 15) is 18.0 Å². The van der Waals surface area contributed by atoms with Crippen LogP contribution in [-0.2, 0) is 6.18 Å². The second-order valence-electron chi connectivity index (χ2n) is 5.00. The first-order valence-corrected chi connectivity index (χ1v) is 6.80. The minimum Gasteiger partial charge on any atom is -0.361 e. The molecule has 24 heavy (non-hydrogen) atoms. The van der Waals surface area contributed by atoms with Crippen LogP contribution in [0.25, 0.3) is 5.69 Å². The Bertz CT molecular complexity index is 883. The van der Waals surface area contributed by atoms with E-state index in [1.165, 1.54) is 35.3 Å². The average Bonchev–Trinajstić information content (AvgIpc) is 3.16. The predicted octanol–water partition coefficient (Wildman–Crippen LogP) is 3.44. The fourth-order valence-corrected chi connectivity index (χ4v) is 2.02. The van der Waals surface area contributed by atoms with E-state index in [-0.39, 0.29) is 11.4 Å². The molecule has 0 spiro atoms. The number of hydrogen-bond acceptors (Lipinski definition) is 4. The van der Waals surface area contributed by atoms with E-state index >= 15 is 0 Å². The highest BCUT2D eigenvalue weighted by atomic mass is 19.4. The lowest BCUT2D eigenvalue weighted by atomic mass is 10.2. The number of alkyl halides is 3. The molecule has 0 aliphatic rings. The van der Waals surface area contributed by atoms with Gasteiger partial charge in [0.15, 0.2) is 5.69 Å². The summed E-state index contributed by atoms with van der Waals surface area (Å²) in [5, 5.41) is 10.1. The molecule has 2 aromatic heterocycles. The van der Waals surface area contributed by atoms with Crippen LogP contribution in [-0.4, -0.2) is 20.8 Å². The number of carbonyl (C=O) groups is 1. The Balaban J connectivity index is 1.80. The maximum atomic E-state index is 12.7. The van der Waals surface area contributed by atoms with Crippen LogP contribution >= 0.6 is 0 Å². The van der Waals surface area contributed by atoms with E-state index in [2.05, 4.69) is 15.6 Å². The molecule has 0 fully saturated rings. The Kier molecular flexibility index (Phi) is 3.84. The van der Waals surface area contributed by atoms with Crippen LogP contribution in [0.1, 0.15) is 21.8 Å². The second kappa shape index (κ2) is 5.84. The first-order chi connectivity index (χ1) is 11.3. The highest BCUT2D eigenvalue weighted by Gasteiger charge is 2.30. The Labute approximate surface area is 133 Å². The van der Waals surface area contributed by atoms with E-state index in [4.69, 9.17) is 4.52 Å². The molecule has 3 aromatic rings. The fourth-order valence-electron chi connectivity index (χ4n) is 2.02. The molecule has 0 radical (unpaired) electrons. The number of carbonyl (C=O) groups excluding carboxylic acids is 1. The molecule has 1 amide bonds. The Morgan fingerprint density at radius 3 is 2.75 bits per heavy atom. The molecule has 0 bridgehead atoms. The van der Waals surface area contributed by atoms with Crippen molar-refractivity contribution in [1.29, 1.82) is 0 Å². The van der Waals surface area contributed by atoms with Crippen molar-refractivity contribution >= 4 is 11.6 Å². The summed E-state index contributed by atoms with van der Waals surface area (Å²) in [6.45, 7) is 1.65. The largest absolute Gasteiger partial charge is 0.416 e. The van der Waals surface area contributed by atoms with Gasteiger partial charge in [-0.3, -0.25) is 4.79 Å². The molecular weight excluding hydrogens is 325 g/mol. The molecule has 0 atom stereocenters. The summed E-state index contributed by atoms with van der Waals surface area (Å²) in [6.07, 6.45) is -1.71.